The van der Waals surface area contributed by atoms with Gasteiger partial charge in [-0.2, -0.15) is 13.2 Å². The van der Waals surface area contributed by atoms with Gasteiger partial charge in [-0.1, -0.05) is 18.2 Å². The Balaban J connectivity index is 0.000000617. The number of unbranched alkanes of at least 4 members (excludes halogenated alkanes) is 1. The molecule has 5 N–H and O–H groups in total. The van der Waals surface area contributed by atoms with Crippen molar-refractivity contribution in [1.82, 2.24) is 4.90 Å². The second-order valence-electron chi connectivity index (χ2n) is 10.5. The highest BCUT2D eigenvalue weighted by molar-refractivity contribution is 6.04. The largest absolute Gasteiger partial charge is 0.494 e. The number of nitrogens with one attached hydrogen (secondary N) is 2. The van der Waals surface area contributed by atoms with Gasteiger partial charge in [0.25, 0.3) is 17.7 Å². The summed E-state index contributed by atoms with van der Waals surface area (Å²) in [6, 6.07) is 19.9. The second-order valence-corrected chi connectivity index (χ2v) is 10.5. The SMILES string of the molecule is NCCCCOc1cccc(NC(=O)c2ccc(CN(C(=O)c3ccc4c(c3)OCC(=O)N4)C3CC3)cc2)c1.O=C(O)C(F)(F)F. The molecule has 1 aliphatic carbocycles. The van der Waals surface area contributed by atoms with Crippen LogP contribution in [0.4, 0.5) is 24.5 Å². The minimum absolute atomic E-state index is 0.0641. The van der Waals surface area contributed by atoms with Crippen LogP contribution in [-0.2, 0) is 16.1 Å². The molecule has 1 aliphatic heterocycles. The van der Waals surface area contributed by atoms with Crippen LogP contribution in [-0.4, -0.2) is 65.7 Å². The number of rotatable bonds is 11. The van der Waals surface area contributed by atoms with Gasteiger partial charge in [-0.15, -0.1) is 0 Å². The first kappa shape index (κ1) is 33.8. The monoisotopic (exact) mass is 642 g/mol. The summed E-state index contributed by atoms with van der Waals surface area (Å²) in [6.07, 6.45) is -1.38. The van der Waals surface area contributed by atoms with E-state index in [0.717, 1.165) is 31.2 Å². The zero-order valence-electron chi connectivity index (χ0n) is 24.6. The predicted octanol–water partition coefficient (Wildman–Crippen LogP) is 4.83. The average Bonchev–Trinajstić information content (AvgIpc) is 3.87. The first-order chi connectivity index (χ1) is 21.9. The molecule has 0 bridgehead atoms. The molecule has 1 saturated carbocycles. The first-order valence-corrected chi connectivity index (χ1v) is 14.5. The number of carboxylic acid groups (broad SMARTS) is 1. The Morgan fingerprint density at radius 3 is 2.37 bits per heavy atom. The van der Waals surface area contributed by atoms with Crippen molar-refractivity contribution < 1.29 is 46.9 Å². The van der Waals surface area contributed by atoms with Crippen LogP contribution in [0.25, 0.3) is 0 Å². The van der Waals surface area contributed by atoms with Crippen LogP contribution in [0.1, 0.15) is 52.0 Å². The summed E-state index contributed by atoms with van der Waals surface area (Å²) in [5.74, 6) is -2.09. The summed E-state index contributed by atoms with van der Waals surface area (Å²) in [4.78, 5) is 48.5. The minimum atomic E-state index is -5.08. The molecular weight excluding hydrogens is 609 g/mol. The fourth-order valence-electron chi connectivity index (χ4n) is 4.39. The molecule has 0 unspecified atom stereocenters. The van der Waals surface area contributed by atoms with E-state index in [9.17, 15) is 27.6 Å². The molecule has 1 fully saturated rings. The molecule has 1 heterocycles. The number of hydrogen-bond donors (Lipinski definition) is 4. The summed E-state index contributed by atoms with van der Waals surface area (Å²) < 4.78 is 42.9. The Kier molecular flexibility index (Phi) is 11.2. The highest BCUT2D eigenvalue weighted by Gasteiger charge is 2.38. The number of carbonyl (C=O) groups excluding carboxylic acids is 3. The third-order valence-corrected chi connectivity index (χ3v) is 6.88. The maximum absolute atomic E-state index is 13.4. The maximum Gasteiger partial charge on any atom is 0.490 e. The fourth-order valence-corrected chi connectivity index (χ4v) is 4.39. The Morgan fingerprint density at radius 1 is 1.02 bits per heavy atom. The van der Waals surface area contributed by atoms with Gasteiger partial charge >= 0.3 is 12.1 Å². The van der Waals surface area contributed by atoms with E-state index in [1.54, 1.807) is 36.4 Å². The quantitative estimate of drug-likeness (QED) is 0.217. The van der Waals surface area contributed by atoms with Crippen molar-refractivity contribution >= 4 is 35.1 Å². The van der Waals surface area contributed by atoms with E-state index >= 15 is 0 Å². The Morgan fingerprint density at radius 2 is 1.72 bits per heavy atom. The third kappa shape index (κ3) is 9.69. The van der Waals surface area contributed by atoms with Gasteiger partial charge in [0, 0.05) is 35.5 Å². The lowest BCUT2D eigenvalue weighted by atomic mass is 10.1. The van der Waals surface area contributed by atoms with Gasteiger partial charge in [-0.3, -0.25) is 14.4 Å². The van der Waals surface area contributed by atoms with Crippen LogP contribution in [0.2, 0.25) is 0 Å². The summed E-state index contributed by atoms with van der Waals surface area (Å²) in [5.41, 5.74) is 8.70. The third-order valence-electron chi connectivity index (χ3n) is 6.88. The van der Waals surface area contributed by atoms with Gasteiger partial charge in [0.1, 0.15) is 11.5 Å². The van der Waals surface area contributed by atoms with Gasteiger partial charge in [0.15, 0.2) is 6.61 Å². The van der Waals surface area contributed by atoms with Gasteiger partial charge in [-0.25, -0.2) is 4.79 Å². The molecule has 5 rings (SSSR count). The lowest BCUT2D eigenvalue weighted by molar-refractivity contribution is -0.192. The zero-order chi connectivity index (χ0) is 33.3. The molecule has 11 nitrogen and oxygen atoms in total. The van der Waals surface area contributed by atoms with Crippen LogP contribution in [0.15, 0.2) is 66.7 Å². The maximum atomic E-state index is 13.4. The first-order valence-electron chi connectivity index (χ1n) is 14.5. The van der Waals surface area contributed by atoms with Gasteiger partial charge in [-0.05, 0) is 80.3 Å². The summed E-state index contributed by atoms with van der Waals surface area (Å²) in [6.45, 7) is 1.59. The fraction of sp³-hybridized carbons (Fsp3) is 0.312. The zero-order valence-corrected chi connectivity index (χ0v) is 24.6. The van der Waals surface area contributed by atoms with Crippen molar-refractivity contribution in [2.24, 2.45) is 5.73 Å². The minimum Gasteiger partial charge on any atom is -0.494 e. The van der Waals surface area contributed by atoms with E-state index in [4.69, 9.17) is 25.1 Å². The van der Waals surface area contributed by atoms with Crippen molar-refractivity contribution in [3.63, 3.8) is 0 Å². The van der Waals surface area contributed by atoms with Crippen LogP contribution < -0.4 is 25.8 Å². The molecular formula is C32H33F3N4O7. The summed E-state index contributed by atoms with van der Waals surface area (Å²) >= 11 is 0. The Bertz CT molecular complexity index is 1560. The molecule has 14 heteroatoms. The molecule has 3 aromatic rings. The number of fused-ring (bicyclic) bond motifs is 1. The van der Waals surface area contributed by atoms with E-state index in [2.05, 4.69) is 10.6 Å². The number of alkyl halides is 3. The number of hydrogen-bond acceptors (Lipinski definition) is 7. The van der Waals surface area contributed by atoms with Crippen molar-refractivity contribution in [3.8, 4) is 11.5 Å². The van der Waals surface area contributed by atoms with E-state index in [1.807, 2.05) is 35.2 Å². The molecule has 0 saturated heterocycles. The molecule has 0 aromatic heterocycles. The van der Waals surface area contributed by atoms with Crippen molar-refractivity contribution in [1.29, 1.82) is 0 Å². The standard InChI is InChI=1S/C30H32N4O5.C2HF3O2/c31-14-1-2-15-38-25-5-3-4-23(17-25)32-29(36)21-8-6-20(7-9-21)18-34(24-11-12-24)30(37)22-10-13-26-27(16-22)39-19-28(35)33-26;3-2(4,5)1(6)7/h3-10,13,16-17,24H,1-2,11-12,14-15,18-19,31H2,(H,32,36)(H,33,35);(H,6,7). The number of halogens is 3. The topological polar surface area (TPSA) is 160 Å². The molecule has 3 aromatic carbocycles. The normalized spacial score (nSPS) is 13.6. The molecule has 244 valence electrons. The van der Waals surface area contributed by atoms with Gasteiger partial charge in [0.2, 0.25) is 0 Å². The van der Waals surface area contributed by atoms with Crippen LogP contribution >= 0.6 is 0 Å². The Hall–Kier alpha value is -5.11. The number of carbonyl (C=O) groups is 4. The number of carboxylic acids is 1. The number of aliphatic carboxylic acids is 1. The lowest BCUT2D eigenvalue weighted by Crippen LogP contribution is -2.33. The highest BCUT2D eigenvalue weighted by Crippen LogP contribution is 2.33. The molecule has 46 heavy (non-hydrogen) atoms. The van der Waals surface area contributed by atoms with Crippen LogP contribution in [0.5, 0.6) is 11.5 Å². The molecule has 0 atom stereocenters. The van der Waals surface area contributed by atoms with Gasteiger partial charge < -0.3 is 35.8 Å². The molecule has 0 spiro atoms. The lowest BCUT2D eigenvalue weighted by Gasteiger charge is -2.24. The molecule has 0 radical (unpaired) electrons. The summed E-state index contributed by atoms with van der Waals surface area (Å²) in [5, 5.41) is 12.8. The summed E-state index contributed by atoms with van der Waals surface area (Å²) in [7, 11) is 0. The van der Waals surface area contributed by atoms with Crippen LogP contribution in [0.3, 0.4) is 0 Å². The number of nitrogens with two attached hydrogens (primary N) is 1. The number of benzene rings is 3. The smallest absolute Gasteiger partial charge is 0.490 e. The van der Waals surface area contributed by atoms with Gasteiger partial charge in [0.05, 0.1) is 12.3 Å². The van der Waals surface area contributed by atoms with E-state index in [-0.39, 0.29) is 30.4 Å². The van der Waals surface area contributed by atoms with Crippen molar-refractivity contribution in [2.45, 2.75) is 44.4 Å². The number of amides is 3. The van der Waals surface area contributed by atoms with Crippen molar-refractivity contribution in [2.75, 3.05) is 30.4 Å². The van der Waals surface area contributed by atoms with E-state index in [1.165, 1.54) is 0 Å². The second kappa shape index (κ2) is 15.3. The average molecular weight is 643 g/mol. The predicted molar refractivity (Wildman–Crippen MR) is 162 cm³/mol. The number of nitrogens with zero attached hydrogens (tertiary/aromatic N) is 1. The molecule has 2 aliphatic rings. The Labute approximate surface area is 262 Å². The molecule has 3 amide bonds. The van der Waals surface area contributed by atoms with E-state index < -0.39 is 12.1 Å². The number of ether oxygens (including phenoxy) is 2. The van der Waals surface area contributed by atoms with Crippen molar-refractivity contribution in [3.05, 3.63) is 83.4 Å². The highest BCUT2D eigenvalue weighted by atomic mass is 19.4. The van der Waals surface area contributed by atoms with Crippen LogP contribution in [0, 0.1) is 0 Å². The van der Waals surface area contributed by atoms with E-state index in [0.29, 0.717) is 53.7 Å². The number of anilines is 2.